The smallest absolute Gasteiger partial charge is 0.361 e. The summed E-state index contributed by atoms with van der Waals surface area (Å²) in [6, 6.07) is 0. The summed E-state index contributed by atoms with van der Waals surface area (Å²) in [7, 11) is 5.94. The molecule has 65 heavy (non-hydrogen) atoms. The van der Waals surface area contributed by atoms with Crippen molar-refractivity contribution < 1.29 is 42.9 Å². The molecule has 0 saturated heterocycles. The Labute approximate surface area is 398 Å². The van der Waals surface area contributed by atoms with Crippen LogP contribution in [-0.2, 0) is 33.3 Å². The van der Waals surface area contributed by atoms with Crippen LogP contribution in [0.5, 0.6) is 0 Å². The first-order valence-electron chi connectivity index (χ1n) is 25.8. The van der Waals surface area contributed by atoms with Gasteiger partial charge in [0.25, 0.3) is 6.29 Å². The third-order valence-electron chi connectivity index (χ3n) is 10.6. The Morgan fingerprint density at radius 2 is 0.877 bits per heavy atom. The molecule has 0 amide bonds. The molecule has 372 valence electrons. The highest BCUT2D eigenvalue weighted by molar-refractivity contribution is 5.71. The Morgan fingerprint density at radius 3 is 1.32 bits per heavy atom. The lowest BCUT2D eigenvalue weighted by Gasteiger charge is -2.25. The first-order valence-corrected chi connectivity index (χ1v) is 25.8. The molecule has 1 N–H and O–H groups in total. The number of carbonyl (C=O) groups is 3. The number of rotatable bonds is 46. The van der Waals surface area contributed by atoms with Gasteiger partial charge in [-0.2, -0.15) is 0 Å². The number of unbranched alkanes of at least 4 members (excludes halogenated alkanes) is 17. The monoisotopic (exact) mass is 911 g/mol. The van der Waals surface area contributed by atoms with Crippen molar-refractivity contribution in [2.24, 2.45) is 0 Å². The van der Waals surface area contributed by atoms with Crippen LogP contribution in [0.1, 0.15) is 194 Å². The Balaban J connectivity index is 4.42. The summed E-state index contributed by atoms with van der Waals surface area (Å²) >= 11 is 0. The fraction of sp³-hybridized carbons (Fsp3) is 0.696. The molecule has 0 aromatic heterocycles. The fourth-order valence-electron chi connectivity index (χ4n) is 6.66. The molecule has 9 heteroatoms. The molecule has 0 heterocycles. The summed E-state index contributed by atoms with van der Waals surface area (Å²) in [5.74, 6) is -2.06. The highest BCUT2D eigenvalue weighted by Crippen LogP contribution is 2.14. The number of carboxylic acids is 1. The van der Waals surface area contributed by atoms with E-state index in [0.717, 1.165) is 77.0 Å². The van der Waals surface area contributed by atoms with Gasteiger partial charge in [-0.05, 0) is 89.9 Å². The Bertz CT molecular complexity index is 1340. The lowest BCUT2D eigenvalue weighted by atomic mass is 10.1. The molecular weight excluding hydrogens is 815 g/mol. The summed E-state index contributed by atoms with van der Waals surface area (Å²) in [6.45, 7) is 4.69. The molecule has 9 nitrogen and oxygen atoms in total. The van der Waals surface area contributed by atoms with Gasteiger partial charge in [0.1, 0.15) is 13.2 Å². The summed E-state index contributed by atoms with van der Waals surface area (Å²) in [4.78, 5) is 37.3. The second-order valence-corrected chi connectivity index (χ2v) is 18.1. The fourth-order valence-corrected chi connectivity index (χ4v) is 6.66. The number of carbonyl (C=O) groups excluding carboxylic acids is 2. The first kappa shape index (κ1) is 61.5. The Kier molecular flexibility index (Phi) is 44.4. The predicted molar refractivity (Wildman–Crippen MR) is 272 cm³/mol. The Morgan fingerprint density at radius 1 is 0.477 bits per heavy atom. The lowest BCUT2D eigenvalue weighted by molar-refractivity contribution is -0.870. The number of allylic oxidation sites excluding steroid dienone is 14. The quantitative estimate of drug-likeness (QED) is 0.0211. The van der Waals surface area contributed by atoms with E-state index in [2.05, 4.69) is 98.9 Å². The highest BCUT2D eigenvalue weighted by atomic mass is 16.7. The summed E-state index contributed by atoms with van der Waals surface area (Å²) in [5.41, 5.74) is 0. The topological polar surface area (TPSA) is 108 Å². The highest BCUT2D eigenvalue weighted by Gasteiger charge is 2.25. The average Bonchev–Trinajstić information content (AvgIpc) is 3.27. The van der Waals surface area contributed by atoms with E-state index >= 15 is 0 Å². The van der Waals surface area contributed by atoms with Crippen LogP contribution in [0.15, 0.2) is 85.1 Å². The van der Waals surface area contributed by atoms with Gasteiger partial charge < -0.3 is 28.5 Å². The maximum atomic E-state index is 12.8. The van der Waals surface area contributed by atoms with Crippen molar-refractivity contribution in [2.75, 3.05) is 47.5 Å². The number of hydrogen-bond acceptors (Lipinski definition) is 7. The molecular formula is C56H96NO8+. The molecule has 2 unspecified atom stereocenters. The maximum Gasteiger partial charge on any atom is 0.361 e. The van der Waals surface area contributed by atoms with Crippen LogP contribution in [0, 0.1) is 0 Å². The number of carboxylic acid groups (broad SMARTS) is 1. The lowest BCUT2D eigenvalue weighted by Crippen LogP contribution is -2.40. The second-order valence-electron chi connectivity index (χ2n) is 18.1. The van der Waals surface area contributed by atoms with Crippen molar-refractivity contribution in [3.05, 3.63) is 85.1 Å². The van der Waals surface area contributed by atoms with Crippen LogP contribution < -0.4 is 0 Å². The molecule has 0 fully saturated rings. The maximum absolute atomic E-state index is 12.8. The van der Waals surface area contributed by atoms with E-state index in [1.165, 1.54) is 83.5 Å². The summed E-state index contributed by atoms with van der Waals surface area (Å²) < 4.78 is 22.8. The SMILES string of the molecule is CC/C=C\C/C=C\C/C=C\C/C=C\C/C=C\CCCCCC(=O)OC(COC(=O)CCCCCCCCCCC/C=C\C/C=C\CCCCCCC)COC(OCC[N+](C)(C)C)C(=O)O. The van der Waals surface area contributed by atoms with Crippen LogP contribution in [0.2, 0.25) is 0 Å². The van der Waals surface area contributed by atoms with Crippen molar-refractivity contribution in [1.29, 1.82) is 0 Å². The molecule has 0 aliphatic rings. The largest absolute Gasteiger partial charge is 0.477 e. The average molecular weight is 911 g/mol. The van der Waals surface area contributed by atoms with Gasteiger partial charge >= 0.3 is 17.9 Å². The third kappa shape index (κ3) is 48.2. The van der Waals surface area contributed by atoms with Gasteiger partial charge in [0.05, 0.1) is 34.4 Å². The Hall–Kier alpha value is -3.53. The van der Waals surface area contributed by atoms with Crippen molar-refractivity contribution in [3.8, 4) is 0 Å². The molecule has 0 aliphatic heterocycles. The van der Waals surface area contributed by atoms with E-state index in [0.29, 0.717) is 17.4 Å². The number of likely N-dealkylation sites (N-methyl/N-ethyl adjacent to an activating group) is 1. The van der Waals surface area contributed by atoms with Gasteiger partial charge in [-0.3, -0.25) is 9.59 Å². The van der Waals surface area contributed by atoms with Crippen molar-refractivity contribution in [3.63, 3.8) is 0 Å². The molecule has 0 bridgehead atoms. The van der Waals surface area contributed by atoms with Gasteiger partial charge in [-0.25, -0.2) is 4.79 Å². The number of esters is 2. The molecule has 2 atom stereocenters. The molecule has 0 radical (unpaired) electrons. The van der Waals surface area contributed by atoms with Gasteiger partial charge in [0.15, 0.2) is 6.10 Å². The predicted octanol–water partition coefficient (Wildman–Crippen LogP) is 14.4. The molecule has 0 saturated carbocycles. The van der Waals surface area contributed by atoms with E-state index in [1.807, 2.05) is 21.1 Å². The van der Waals surface area contributed by atoms with E-state index in [4.69, 9.17) is 18.9 Å². The molecule has 0 aliphatic carbocycles. The minimum absolute atomic E-state index is 0.176. The van der Waals surface area contributed by atoms with Crippen LogP contribution in [0.25, 0.3) is 0 Å². The zero-order valence-corrected chi connectivity index (χ0v) is 42.1. The van der Waals surface area contributed by atoms with Crippen LogP contribution in [-0.4, -0.2) is 87.4 Å². The zero-order chi connectivity index (χ0) is 47.7. The van der Waals surface area contributed by atoms with E-state index in [-0.39, 0.29) is 38.6 Å². The van der Waals surface area contributed by atoms with E-state index in [9.17, 15) is 19.5 Å². The second kappa shape index (κ2) is 47.0. The van der Waals surface area contributed by atoms with Crippen LogP contribution in [0.3, 0.4) is 0 Å². The number of quaternary nitrogens is 1. The molecule has 0 spiro atoms. The van der Waals surface area contributed by atoms with Gasteiger partial charge in [-0.1, -0.05) is 176 Å². The number of ether oxygens (including phenoxy) is 4. The van der Waals surface area contributed by atoms with E-state index in [1.54, 1.807) is 0 Å². The minimum atomic E-state index is -1.52. The number of hydrogen-bond donors (Lipinski definition) is 1. The minimum Gasteiger partial charge on any atom is -0.477 e. The molecule has 0 aromatic rings. The third-order valence-corrected chi connectivity index (χ3v) is 10.6. The standard InChI is InChI=1S/C56H95NO8/c1-6-8-10-12-14-16-18-20-22-24-26-27-29-30-32-34-36-38-40-42-44-46-53(58)63-50-52(51-64-56(55(60)61)62-49-48-57(3,4)5)65-54(59)47-45-43-41-39-37-35-33-31-28-25-23-21-19-17-15-13-11-9-7-2/h9,11,15,17-18,20-21,23-24,26,28,31,35,37,52,56H,6-8,10,12-14,16,19,22,25,27,29-30,32-34,36,38-51H2,1-5H3/p+1/b11-9-,17-15-,20-18-,23-21-,26-24-,31-28-,37-35-. The number of aliphatic carboxylic acids is 1. The van der Waals surface area contributed by atoms with E-state index < -0.39 is 24.3 Å². The normalized spacial score (nSPS) is 13.6. The molecule has 0 aromatic carbocycles. The summed E-state index contributed by atoms with van der Waals surface area (Å²) in [5, 5.41) is 9.67. The van der Waals surface area contributed by atoms with Crippen molar-refractivity contribution in [2.45, 2.75) is 206 Å². The van der Waals surface area contributed by atoms with Gasteiger partial charge in [0.2, 0.25) is 0 Å². The number of nitrogens with zero attached hydrogens (tertiary/aromatic N) is 1. The molecule has 0 rings (SSSR count). The van der Waals surface area contributed by atoms with Gasteiger partial charge in [-0.15, -0.1) is 0 Å². The summed E-state index contributed by atoms with van der Waals surface area (Å²) in [6.07, 6.45) is 57.9. The van der Waals surface area contributed by atoms with Crippen LogP contribution in [0.4, 0.5) is 0 Å². The van der Waals surface area contributed by atoms with Crippen molar-refractivity contribution in [1.82, 2.24) is 0 Å². The zero-order valence-electron chi connectivity index (χ0n) is 42.1. The van der Waals surface area contributed by atoms with Crippen molar-refractivity contribution >= 4 is 17.9 Å². The first-order chi connectivity index (χ1) is 31.6. The van der Waals surface area contributed by atoms with Gasteiger partial charge in [0, 0.05) is 12.8 Å². The van der Waals surface area contributed by atoms with Crippen LogP contribution >= 0.6 is 0 Å².